The maximum atomic E-state index is 12.5. The highest BCUT2D eigenvalue weighted by atomic mass is 16.5. The van der Waals surface area contributed by atoms with E-state index in [1.807, 2.05) is 4.90 Å². The second-order valence-electron chi connectivity index (χ2n) is 5.45. The summed E-state index contributed by atoms with van der Waals surface area (Å²) < 4.78 is 10.0. The molecular formula is C16H19N3O3. The molecule has 0 unspecified atom stereocenters. The number of nitrogens with two attached hydrogens (primary N) is 1. The van der Waals surface area contributed by atoms with Crippen LogP contribution in [0.25, 0.3) is 0 Å². The van der Waals surface area contributed by atoms with Gasteiger partial charge in [-0.2, -0.15) is 0 Å². The molecule has 6 heteroatoms. The van der Waals surface area contributed by atoms with Crippen LogP contribution in [0.1, 0.15) is 34.8 Å². The molecule has 1 fully saturated rings. The molecule has 2 heterocycles. The number of nitrogens with zero attached hydrogens (tertiary/aromatic N) is 2. The fraction of sp³-hybridized carbons (Fsp3) is 0.375. The monoisotopic (exact) mass is 301 g/mol. The molecule has 2 N–H and O–H groups in total. The van der Waals surface area contributed by atoms with E-state index in [4.69, 9.17) is 15.0 Å². The highest BCUT2D eigenvalue weighted by Crippen LogP contribution is 2.28. The molecule has 22 heavy (non-hydrogen) atoms. The Kier molecular flexibility index (Phi) is 4.00. The van der Waals surface area contributed by atoms with Crippen molar-refractivity contribution in [2.75, 3.05) is 25.9 Å². The van der Waals surface area contributed by atoms with Crippen LogP contribution < -0.4 is 10.5 Å². The quantitative estimate of drug-likeness (QED) is 0.940. The van der Waals surface area contributed by atoms with Crippen LogP contribution in [0, 0.1) is 0 Å². The van der Waals surface area contributed by atoms with E-state index in [2.05, 4.69) is 5.16 Å². The van der Waals surface area contributed by atoms with Gasteiger partial charge in [0.2, 0.25) is 5.88 Å². The van der Waals surface area contributed by atoms with Gasteiger partial charge in [0.1, 0.15) is 5.75 Å². The van der Waals surface area contributed by atoms with Gasteiger partial charge in [-0.3, -0.25) is 4.79 Å². The SMILES string of the molecule is COc1ccc(C(=O)N2CCC(c3cc(N)on3)CC2)cc1. The molecule has 0 radical (unpaired) electrons. The summed E-state index contributed by atoms with van der Waals surface area (Å²) >= 11 is 0. The van der Waals surface area contributed by atoms with Gasteiger partial charge in [-0.1, -0.05) is 5.16 Å². The molecule has 6 nitrogen and oxygen atoms in total. The second-order valence-corrected chi connectivity index (χ2v) is 5.45. The van der Waals surface area contributed by atoms with Crippen LogP contribution in [0.5, 0.6) is 5.75 Å². The Morgan fingerprint density at radius 2 is 2.00 bits per heavy atom. The number of carbonyl (C=O) groups excluding carboxylic acids is 1. The standard InChI is InChI=1S/C16H19N3O3/c1-21-13-4-2-12(3-5-13)16(20)19-8-6-11(7-9-19)14-10-15(17)22-18-14/h2-5,10-11H,6-9,17H2,1H3. The van der Waals surface area contributed by atoms with Crippen LogP contribution in [-0.4, -0.2) is 36.2 Å². The topological polar surface area (TPSA) is 81.6 Å². The minimum atomic E-state index is 0.0563. The number of rotatable bonds is 3. The molecule has 0 aliphatic carbocycles. The van der Waals surface area contributed by atoms with E-state index in [1.54, 1.807) is 37.4 Å². The van der Waals surface area contributed by atoms with E-state index in [-0.39, 0.29) is 5.91 Å². The molecule has 1 saturated heterocycles. The van der Waals surface area contributed by atoms with Gasteiger partial charge in [-0.25, -0.2) is 0 Å². The first-order valence-electron chi connectivity index (χ1n) is 7.33. The summed E-state index contributed by atoms with van der Waals surface area (Å²) in [4.78, 5) is 14.4. The van der Waals surface area contributed by atoms with Gasteiger partial charge >= 0.3 is 0 Å². The summed E-state index contributed by atoms with van der Waals surface area (Å²) in [5.74, 6) is 1.45. The van der Waals surface area contributed by atoms with Crippen LogP contribution in [0.15, 0.2) is 34.9 Å². The summed E-state index contributed by atoms with van der Waals surface area (Å²) in [5.41, 5.74) is 7.13. The van der Waals surface area contributed by atoms with Crippen LogP contribution >= 0.6 is 0 Å². The van der Waals surface area contributed by atoms with Gasteiger partial charge in [0.15, 0.2) is 0 Å². The molecule has 1 aliphatic rings. The van der Waals surface area contributed by atoms with Crippen LogP contribution in [0.2, 0.25) is 0 Å². The molecule has 1 amide bonds. The Morgan fingerprint density at radius 3 is 2.55 bits per heavy atom. The van der Waals surface area contributed by atoms with Crippen molar-refractivity contribution in [1.29, 1.82) is 0 Å². The van der Waals surface area contributed by atoms with Crippen molar-refractivity contribution in [3.05, 3.63) is 41.6 Å². The molecule has 1 aliphatic heterocycles. The number of hydrogen-bond acceptors (Lipinski definition) is 5. The lowest BCUT2D eigenvalue weighted by Gasteiger charge is -2.31. The Morgan fingerprint density at radius 1 is 1.32 bits per heavy atom. The minimum absolute atomic E-state index is 0.0563. The average Bonchev–Trinajstić information content (AvgIpc) is 3.01. The van der Waals surface area contributed by atoms with Crippen molar-refractivity contribution in [3.63, 3.8) is 0 Å². The van der Waals surface area contributed by atoms with E-state index in [0.29, 0.717) is 30.5 Å². The van der Waals surface area contributed by atoms with E-state index < -0.39 is 0 Å². The molecule has 3 rings (SSSR count). The second kappa shape index (κ2) is 6.09. The van der Waals surface area contributed by atoms with Crippen molar-refractivity contribution in [2.45, 2.75) is 18.8 Å². The van der Waals surface area contributed by atoms with Gasteiger partial charge in [-0.05, 0) is 37.1 Å². The third-order valence-corrected chi connectivity index (χ3v) is 4.08. The summed E-state index contributed by atoms with van der Waals surface area (Å²) in [6.07, 6.45) is 1.74. The number of piperidine rings is 1. The minimum Gasteiger partial charge on any atom is -0.497 e. The number of hydrogen-bond donors (Lipinski definition) is 1. The molecule has 1 aromatic heterocycles. The maximum Gasteiger partial charge on any atom is 0.253 e. The summed E-state index contributed by atoms with van der Waals surface area (Å²) in [5, 5.41) is 3.97. The normalized spacial score (nSPS) is 15.8. The Hall–Kier alpha value is -2.50. The molecule has 0 atom stereocenters. The summed E-state index contributed by atoms with van der Waals surface area (Å²) in [6, 6.07) is 8.97. The number of amides is 1. The molecular weight excluding hydrogens is 282 g/mol. The van der Waals surface area contributed by atoms with E-state index in [0.717, 1.165) is 24.3 Å². The zero-order valence-electron chi connectivity index (χ0n) is 12.5. The fourth-order valence-electron chi connectivity index (χ4n) is 2.79. The predicted molar refractivity (Wildman–Crippen MR) is 81.8 cm³/mol. The van der Waals surface area contributed by atoms with Gasteiger partial charge in [0, 0.05) is 30.6 Å². The molecule has 1 aromatic carbocycles. The van der Waals surface area contributed by atoms with Gasteiger partial charge in [-0.15, -0.1) is 0 Å². The molecule has 116 valence electrons. The number of likely N-dealkylation sites (tertiary alicyclic amines) is 1. The Labute approximate surface area is 128 Å². The first-order chi connectivity index (χ1) is 10.7. The first-order valence-corrected chi connectivity index (χ1v) is 7.33. The average molecular weight is 301 g/mol. The highest BCUT2D eigenvalue weighted by Gasteiger charge is 2.26. The highest BCUT2D eigenvalue weighted by molar-refractivity contribution is 5.94. The number of methoxy groups -OCH3 is 1. The van der Waals surface area contributed by atoms with Gasteiger partial charge < -0.3 is 19.9 Å². The smallest absolute Gasteiger partial charge is 0.253 e. The van der Waals surface area contributed by atoms with Gasteiger partial charge in [0.05, 0.1) is 12.8 Å². The zero-order chi connectivity index (χ0) is 15.5. The van der Waals surface area contributed by atoms with Crippen molar-refractivity contribution >= 4 is 11.8 Å². The lowest BCUT2D eigenvalue weighted by Crippen LogP contribution is -2.37. The molecule has 2 aromatic rings. The maximum absolute atomic E-state index is 12.5. The van der Waals surface area contributed by atoms with E-state index in [1.165, 1.54) is 0 Å². The van der Waals surface area contributed by atoms with Crippen LogP contribution in [0.4, 0.5) is 5.88 Å². The lowest BCUT2D eigenvalue weighted by molar-refractivity contribution is 0.0711. The molecule has 0 bridgehead atoms. The number of anilines is 1. The number of carbonyl (C=O) groups is 1. The van der Waals surface area contributed by atoms with Crippen molar-refractivity contribution in [2.24, 2.45) is 0 Å². The number of nitrogen functional groups attached to an aromatic ring is 1. The third-order valence-electron chi connectivity index (χ3n) is 4.08. The molecule has 0 spiro atoms. The van der Waals surface area contributed by atoms with Gasteiger partial charge in [0.25, 0.3) is 5.91 Å². The third kappa shape index (κ3) is 2.90. The van der Waals surface area contributed by atoms with E-state index >= 15 is 0 Å². The molecule has 0 saturated carbocycles. The number of ether oxygens (including phenoxy) is 1. The van der Waals surface area contributed by atoms with Crippen LogP contribution in [0.3, 0.4) is 0 Å². The number of aromatic nitrogens is 1. The fourth-order valence-corrected chi connectivity index (χ4v) is 2.79. The lowest BCUT2D eigenvalue weighted by atomic mass is 9.93. The van der Waals surface area contributed by atoms with Crippen molar-refractivity contribution in [1.82, 2.24) is 10.1 Å². The zero-order valence-corrected chi connectivity index (χ0v) is 12.5. The van der Waals surface area contributed by atoms with E-state index in [9.17, 15) is 4.79 Å². The van der Waals surface area contributed by atoms with Crippen molar-refractivity contribution < 1.29 is 14.1 Å². The number of benzene rings is 1. The Bertz CT molecular complexity index is 643. The predicted octanol–water partition coefficient (Wildman–Crippen LogP) is 2.29. The Balaban J connectivity index is 1.61. The largest absolute Gasteiger partial charge is 0.497 e. The van der Waals surface area contributed by atoms with Crippen LogP contribution in [-0.2, 0) is 0 Å². The van der Waals surface area contributed by atoms with Crippen molar-refractivity contribution in [3.8, 4) is 5.75 Å². The summed E-state index contributed by atoms with van der Waals surface area (Å²) in [7, 11) is 1.61. The first kappa shape index (κ1) is 14.4. The summed E-state index contributed by atoms with van der Waals surface area (Å²) in [6.45, 7) is 1.42.